The number of carboxylic acids is 1. The van der Waals surface area contributed by atoms with Crippen molar-refractivity contribution in [3.63, 3.8) is 0 Å². The van der Waals surface area contributed by atoms with Crippen LogP contribution in [0.15, 0.2) is 18.2 Å². The van der Waals surface area contributed by atoms with E-state index < -0.39 is 5.97 Å². The number of carbonyl (C=O) groups is 1. The zero-order valence-corrected chi connectivity index (χ0v) is 10.4. The molecule has 2 heterocycles. The summed E-state index contributed by atoms with van der Waals surface area (Å²) in [4.78, 5) is 12.8. The predicted molar refractivity (Wildman–Crippen MR) is 66.8 cm³/mol. The molecule has 6 heteroatoms. The summed E-state index contributed by atoms with van der Waals surface area (Å²) in [5.41, 5.74) is 1.00. The molecule has 0 aromatic heterocycles. The largest absolute Gasteiger partial charge is 0.481 e. The van der Waals surface area contributed by atoms with Crippen molar-refractivity contribution in [2.75, 3.05) is 31.4 Å². The third-order valence-electron chi connectivity index (χ3n) is 3.26. The molecule has 3 rings (SSSR count). The Hall–Kier alpha value is -1.95. The van der Waals surface area contributed by atoms with Gasteiger partial charge in [0.2, 0.25) is 6.79 Å². The van der Waals surface area contributed by atoms with Crippen LogP contribution in [0.1, 0.15) is 6.42 Å². The molecule has 1 fully saturated rings. The quantitative estimate of drug-likeness (QED) is 0.882. The molecule has 6 nitrogen and oxygen atoms in total. The highest BCUT2D eigenvalue weighted by molar-refractivity contribution is 5.67. The van der Waals surface area contributed by atoms with Crippen molar-refractivity contribution in [2.24, 2.45) is 0 Å². The first-order chi connectivity index (χ1) is 9.22. The number of anilines is 1. The fourth-order valence-corrected chi connectivity index (χ4v) is 2.35. The first-order valence-electron chi connectivity index (χ1n) is 6.20. The maximum Gasteiger partial charge on any atom is 0.306 e. The SMILES string of the molecule is O=C(O)CC1CN(c2ccc3c(c2)OCO3)CCO1. The van der Waals surface area contributed by atoms with Gasteiger partial charge in [0.1, 0.15) is 0 Å². The van der Waals surface area contributed by atoms with Crippen molar-refractivity contribution in [1.29, 1.82) is 0 Å². The van der Waals surface area contributed by atoms with Crippen molar-refractivity contribution in [3.05, 3.63) is 18.2 Å². The summed E-state index contributed by atoms with van der Waals surface area (Å²) in [6, 6.07) is 5.75. The molecule has 1 aromatic carbocycles. The van der Waals surface area contributed by atoms with Gasteiger partial charge in [-0.2, -0.15) is 0 Å². The van der Waals surface area contributed by atoms with Crippen LogP contribution in [0.2, 0.25) is 0 Å². The molecule has 2 aliphatic rings. The van der Waals surface area contributed by atoms with Crippen LogP contribution in [-0.2, 0) is 9.53 Å². The predicted octanol–water partition coefficient (Wildman–Crippen LogP) is 1.10. The lowest BCUT2D eigenvalue weighted by Gasteiger charge is -2.34. The van der Waals surface area contributed by atoms with E-state index in [9.17, 15) is 4.79 Å². The summed E-state index contributed by atoms with van der Waals surface area (Å²) in [7, 11) is 0. The highest BCUT2D eigenvalue weighted by Gasteiger charge is 2.24. The zero-order valence-electron chi connectivity index (χ0n) is 10.4. The second kappa shape index (κ2) is 4.97. The number of nitrogens with zero attached hydrogens (tertiary/aromatic N) is 1. The minimum absolute atomic E-state index is 0.0288. The Labute approximate surface area is 110 Å². The number of aliphatic carboxylic acids is 1. The minimum atomic E-state index is -0.836. The fourth-order valence-electron chi connectivity index (χ4n) is 2.35. The van der Waals surface area contributed by atoms with E-state index in [1.54, 1.807) is 0 Å². The van der Waals surface area contributed by atoms with Gasteiger partial charge >= 0.3 is 5.97 Å². The molecule has 1 N–H and O–H groups in total. The van der Waals surface area contributed by atoms with E-state index in [-0.39, 0.29) is 19.3 Å². The lowest BCUT2D eigenvalue weighted by molar-refractivity contribution is -0.140. The number of hydrogen-bond acceptors (Lipinski definition) is 5. The van der Waals surface area contributed by atoms with Gasteiger partial charge in [0.05, 0.1) is 19.1 Å². The normalized spacial score (nSPS) is 21.5. The Kier molecular flexibility index (Phi) is 3.16. The molecular formula is C13H15NO5. The van der Waals surface area contributed by atoms with Gasteiger partial charge in [0.15, 0.2) is 11.5 Å². The Bertz CT molecular complexity index is 490. The van der Waals surface area contributed by atoms with Crippen LogP contribution in [0.4, 0.5) is 5.69 Å². The van der Waals surface area contributed by atoms with Crippen molar-refractivity contribution >= 4 is 11.7 Å². The van der Waals surface area contributed by atoms with Gasteiger partial charge < -0.3 is 24.2 Å². The molecule has 102 valence electrons. The molecule has 2 aliphatic heterocycles. The third kappa shape index (κ3) is 2.58. The molecule has 19 heavy (non-hydrogen) atoms. The van der Waals surface area contributed by atoms with E-state index in [0.717, 1.165) is 23.7 Å². The maximum absolute atomic E-state index is 10.7. The van der Waals surface area contributed by atoms with Gasteiger partial charge in [0, 0.05) is 24.8 Å². The van der Waals surface area contributed by atoms with Crippen molar-refractivity contribution < 1.29 is 24.1 Å². The van der Waals surface area contributed by atoms with Crippen LogP contribution in [0.25, 0.3) is 0 Å². The van der Waals surface area contributed by atoms with Crippen molar-refractivity contribution in [3.8, 4) is 11.5 Å². The smallest absolute Gasteiger partial charge is 0.306 e. The molecule has 0 radical (unpaired) electrons. The minimum Gasteiger partial charge on any atom is -0.481 e. The van der Waals surface area contributed by atoms with Gasteiger partial charge in [-0.05, 0) is 12.1 Å². The highest BCUT2D eigenvalue weighted by atomic mass is 16.7. The van der Waals surface area contributed by atoms with Crippen LogP contribution >= 0.6 is 0 Å². The van der Waals surface area contributed by atoms with E-state index >= 15 is 0 Å². The molecule has 1 unspecified atom stereocenters. The van der Waals surface area contributed by atoms with Gasteiger partial charge in [-0.25, -0.2) is 0 Å². The summed E-state index contributed by atoms with van der Waals surface area (Å²) in [6.45, 7) is 2.11. The van der Waals surface area contributed by atoms with Gasteiger partial charge in [-0.15, -0.1) is 0 Å². The number of carboxylic acid groups (broad SMARTS) is 1. The summed E-state index contributed by atoms with van der Waals surface area (Å²) in [5.74, 6) is 0.649. The number of fused-ring (bicyclic) bond motifs is 1. The zero-order chi connectivity index (χ0) is 13.2. The Morgan fingerprint density at radius 3 is 3.05 bits per heavy atom. The third-order valence-corrected chi connectivity index (χ3v) is 3.26. The van der Waals surface area contributed by atoms with E-state index in [2.05, 4.69) is 4.90 Å². The van der Waals surface area contributed by atoms with Crippen LogP contribution in [-0.4, -0.2) is 43.7 Å². The molecule has 0 amide bonds. The van der Waals surface area contributed by atoms with Gasteiger partial charge in [-0.3, -0.25) is 4.79 Å². The summed E-state index contributed by atoms with van der Waals surface area (Å²) < 4.78 is 16.1. The lowest BCUT2D eigenvalue weighted by Crippen LogP contribution is -2.43. The Balaban J connectivity index is 1.72. The molecule has 1 saturated heterocycles. The van der Waals surface area contributed by atoms with Crippen molar-refractivity contribution in [2.45, 2.75) is 12.5 Å². The van der Waals surface area contributed by atoms with Crippen LogP contribution in [0.5, 0.6) is 11.5 Å². The average molecular weight is 265 g/mol. The van der Waals surface area contributed by atoms with E-state index in [1.807, 2.05) is 18.2 Å². The molecule has 1 aromatic rings. The monoisotopic (exact) mass is 265 g/mol. The van der Waals surface area contributed by atoms with Gasteiger partial charge in [-0.1, -0.05) is 0 Å². The molecule has 1 atom stereocenters. The lowest BCUT2D eigenvalue weighted by atomic mass is 10.1. The van der Waals surface area contributed by atoms with Gasteiger partial charge in [0.25, 0.3) is 0 Å². The summed E-state index contributed by atoms with van der Waals surface area (Å²) >= 11 is 0. The molecule has 0 bridgehead atoms. The number of morpholine rings is 1. The number of hydrogen-bond donors (Lipinski definition) is 1. The molecule has 0 spiro atoms. The number of ether oxygens (including phenoxy) is 3. The standard InChI is InChI=1S/C13H15NO5/c15-13(16)6-10-7-14(3-4-17-10)9-1-2-11-12(5-9)19-8-18-11/h1-2,5,10H,3-4,6-8H2,(H,15,16). The number of benzene rings is 1. The highest BCUT2D eigenvalue weighted by Crippen LogP contribution is 2.35. The van der Waals surface area contributed by atoms with E-state index in [1.165, 1.54) is 0 Å². The van der Waals surface area contributed by atoms with E-state index in [0.29, 0.717) is 13.2 Å². The first kappa shape index (κ1) is 12.1. The topological polar surface area (TPSA) is 68.2 Å². The van der Waals surface area contributed by atoms with E-state index in [4.69, 9.17) is 19.3 Å². The Morgan fingerprint density at radius 2 is 2.21 bits per heavy atom. The summed E-state index contributed by atoms with van der Waals surface area (Å²) in [6.07, 6.45) is -0.238. The Morgan fingerprint density at radius 1 is 1.37 bits per heavy atom. The summed E-state index contributed by atoms with van der Waals surface area (Å²) in [5, 5.41) is 8.81. The number of rotatable bonds is 3. The second-order valence-corrected chi connectivity index (χ2v) is 4.57. The molecule has 0 aliphatic carbocycles. The molecule has 0 saturated carbocycles. The fraction of sp³-hybridized carbons (Fsp3) is 0.462. The van der Waals surface area contributed by atoms with Crippen molar-refractivity contribution in [1.82, 2.24) is 0 Å². The van der Waals surface area contributed by atoms with Crippen LogP contribution in [0.3, 0.4) is 0 Å². The average Bonchev–Trinajstić information content (AvgIpc) is 2.85. The first-order valence-corrected chi connectivity index (χ1v) is 6.20. The molecular weight excluding hydrogens is 250 g/mol. The van der Waals surface area contributed by atoms with Crippen LogP contribution in [0, 0.1) is 0 Å². The maximum atomic E-state index is 10.7. The van der Waals surface area contributed by atoms with Crippen LogP contribution < -0.4 is 14.4 Å². The second-order valence-electron chi connectivity index (χ2n) is 4.57.